The molecule has 2 aromatic carbocycles. The van der Waals surface area contributed by atoms with E-state index in [0.29, 0.717) is 0 Å². The highest BCUT2D eigenvalue weighted by molar-refractivity contribution is 5.59. The van der Waals surface area contributed by atoms with E-state index >= 15 is 0 Å². The molecule has 0 radical (unpaired) electrons. The number of hydrogen-bond acceptors (Lipinski definition) is 1. The van der Waals surface area contributed by atoms with Crippen LogP contribution in [0, 0.1) is 6.92 Å². The summed E-state index contributed by atoms with van der Waals surface area (Å²) in [5.41, 5.74) is 5.56. The van der Waals surface area contributed by atoms with E-state index in [9.17, 15) is 0 Å². The minimum absolute atomic E-state index is 0.0581. The van der Waals surface area contributed by atoms with Crippen molar-refractivity contribution in [1.82, 2.24) is 9.78 Å². The molecule has 1 heterocycles. The van der Waals surface area contributed by atoms with Gasteiger partial charge < -0.3 is 0 Å². The topological polar surface area (TPSA) is 17.8 Å². The van der Waals surface area contributed by atoms with Gasteiger partial charge in [0.1, 0.15) is 6.04 Å². The third-order valence-electron chi connectivity index (χ3n) is 3.77. The van der Waals surface area contributed by atoms with Crippen molar-refractivity contribution in [2.75, 3.05) is 0 Å². The molecule has 1 aromatic heterocycles. The summed E-state index contributed by atoms with van der Waals surface area (Å²) in [5, 5.41) is 4.74. The summed E-state index contributed by atoms with van der Waals surface area (Å²) >= 11 is 0. The number of rotatable bonds is 4. The van der Waals surface area contributed by atoms with E-state index < -0.39 is 0 Å². The van der Waals surface area contributed by atoms with Crippen molar-refractivity contribution >= 4 is 5.57 Å². The first-order valence-electron chi connectivity index (χ1n) is 7.49. The summed E-state index contributed by atoms with van der Waals surface area (Å²) in [7, 11) is 0. The summed E-state index contributed by atoms with van der Waals surface area (Å²) < 4.78 is 2.09. The summed E-state index contributed by atoms with van der Waals surface area (Å²) in [4.78, 5) is 0. The van der Waals surface area contributed by atoms with Gasteiger partial charge >= 0.3 is 0 Å². The average molecular weight is 288 g/mol. The summed E-state index contributed by atoms with van der Waals surface area (Å²) in [6, 6.07) is 23.1. The second-order valence-corrected chi connectivity index (χ2v) is 5.62. The van der Waals surface area contributed by atoms with Gasteiger partial charge in [-0.15, -0.1) is 0 Å². The van der Waals surface area contributed by atoms with Gasteiger partial charge in [-0.3, -0.25) is 4.68 Å². The van der Waals surface area contributed by atoms with Crippen molar-refractivity contribution < 1.29 is 0 Å². The molecule has 0 atom stereocenters. The van der Waals surface area contributed by atoms with E-state index in [1.165, 1.54) is 11.1 Å². The standard InChI is InChI=1S/C20H20N2/c1-15(2)19-14-16(3)21-22(19)20(17-10-6-4-7-11-17)18-12-8-5-9-13-18/h4-14,20H,1H2,2-3H3. The van der Waals surface area contributed by atoms with Crippen molar-refractivity contribution in [3.05, 3.63) is 95.8 Å². The molecule has 110 valence electrons. The fraction of sp³-hybridized carbons (Fsp3) is 0.150. The molecule has 0 bridgehead atoms. The predicted molar refractivity (Wildman–Crippen MR) is 91.8 cm³/mol. The van der Waals surface area contributed by atoms with Crippen molar-refractivity contribution in [3.8, 4) is 0 Å². The molecule has 0 fully saturated rings. The van der Waals surface area contributed by atoms with Crippen molar-refractivity contribution in [2.24, 2.45) is 0 Å². The van der Waals surface area contributed by atoms with E-state index in [4.69, 9.17) is 5.10 Å². The Bertz CT molecular complexity index is 730. The van der Waals surface area contributed by atoms with Crippen LogP contribution in [-0.2, 0) is 0 Å². The summed E-state index contributed by atoms with van der Waals surface area (Å²) in [6.45, 7) is 8.16. The molecule has 0 spiro atoms. The van der Waals surface area contributed by atoms with Gasteiger partial charge in [-0.25, -0.2) is 0 Å². The van der Waals surface area contributed by atoms with Crippen LogP contribution in [0.3, 0.4) is 0 Å². The summed E-state index contributed by atoms with van der Waals surface area (Å²) in [6.07, 6.45) is 0. The molecule has 3 aromatic rings. The van der Waals surface area contributed by atoms with Crippen LogP contribution in [0.4, 0.5) is 0 Å². The molecule has 0 amide bonds. The van der Waals surface area contributed by atoms with Gasteiger partial charge in [0, 0.05) is 0 Å². The molecule has 0 unspecified atom stereocenters. The number of benzene rings is 2. The lowest BCUT2D eigenvalue weighted by Crippen LogP contribution is -2.16. The van der Waals surface area contributed by atoms with Crippen LogP contribution in [0.5, 0.6) is 0 Å². The molecule has 2 nitrogen and oxygen atoms in total. The maximum absolute atomic E-state index is 4.74. The predicted octanol–water partition coefficient (Wildman–Crippen LogP) is 4.86. The highest BCUT2D eigenvalue weighted by atomic mass is 15.3. The first-order chi connectivity index (χ1) is 10.7. The Morgan fingerprint density at radius 3 is 1.91 bits per heavy atom. The minimum Gasteiger partial charge on any atom is -0.253 e. The number of nitrogens with zero attached hydrogens (tertiary/aromatic N) is 2. The maximum atomic E-state index is 4.74. The number of aryl methyl sites for hydroxylation is 1. The third-order valence-corrected chi connectivity index (χ3v) is 3.77. The fourth-order valence-electron chi connectivity index (χ4n) is 2.78. The van der Waals surface area contributed by atoms with E-state index in [0.717, 1.165) is 17.0 Å². The molecular formula is C20H20N2. The SMILES string of the molecule is C=C(C)c1cc(C)nn1C(c1ccccc1)c1ccccc1. The fourth-order valence-corrected chi connectivity index (χ4v) is 2.78. The lowest BCUT2D eigenvalue weighted by Gasteiger charge is -2.21. The van der Waals surface area contributed by atoms with Crippen LogP contribution in [0.25, 0.3) is 5.57 Å². The first kappa shape index (κ1) is 14.3. The molecular weight excluding hydrogens is 268 g/mol. The van der Waals surface area contributed by atoms with Crippen molar-refractivity contribution in [2.45, 2.75) is 19.9 Å². The highest BCUT2D eigenvalue weighted by Crippen LogP contribution is 2.29. The van der Waals surface area contributed by atoms with Crippen LogP contribution in [0.15, 0.2) is 73.3 Å². The second kappa shape index (κ2) is 6.02. The Kier molecular flexibility index (Phi) is 3.92. The van der Waals surface area contributed by atoms with Gasteiger partial charge in [-0.2, -0.15) is 5.10 Å². The number of hydrogen-bond donors (Lipinski definition) is 0. The molecule has 0 aliphatic rings. The highest BCUT2D eigenvalue weighted by Gasteiger charge is 2.20. The Morgan fingerprint density at radius 2 is 1.45 bits per heavy atom. The molecule has 0 aliphatic carbocycles. The molecule has 3 rings (SSSR count). The third kappa shape index (κ3) is 2.73. The largest absolute Gasteiger partial charge is 0.253 e. The van der Waals surface area contributed by atoms with Crippen LogP contribution in [0.2, 0.25) is 0 Å². The van der Waals surface area contributed by atoms with Crippen LogP contribution in [0.1, 0.15) is 35.5 Å². The van der Waals surface area contributed by atoms with Crippen molar-refractivity contribution in [1.29, 1.82) is 0 Å². The Hall–Kier alpha value is -2.61. The quantitative estimate of drug-likeness (QED) is 0.670. The van der Waals surface area contributed by atoms with Crippen LogP contribution >= 0.6 is 0 Å². The number of allylic oxidation sites excluding steroid dienone is 1. The van der Waals surface area contributed by atoms with Gasteiger partial charge in [-0.1, -0.05) is 67.2 Å². The first-order valence-corrected chi connectivity index (χ1v) is 7.49. The van der Waals surface area contributed by atoms with E-state index in [-0.39, 0.29) is 6.04 Å². The Balaban J connectivity index is 2.21. The smallest absolute Gasteiger partial charge is 0.103 e. The van der Waals surface area contributed by atoms with Gasteiger partial charge in [0.25, 0.3) is 0 Å². The van der Waals surface area contributed by atoms with Gasteiger partial charge in [0.15, 0.2) is 0 Å². The Morgan fingerprint density at radius 1 is 0.955 bits per heavy atom. The Labute approximate surface area is 131 Å². The zero-order valence-electron chi connectivity index (χ0n) is 13.0. The molecule has 0 N–H and O–H groups in total. The van der Waals surface area contributed by atoms with Gasteiger partial charge in [0.2, 0.25) is 0 Å². The molecule has 22 heavy (non-hydrogen) atoms. The molecule has 2 heteroatoms. The zero-order chi connectivity index (χ0) is 15.5. The minimum atomic E-state index is 0.0581. The van der Waals surface area contributed by atoms with Crippen LogP contribution in [-0.4, -0.2) is 9.78 Å². The van der Waals surface area contributed by atoms with Crippen LogP contribution < -0.4 is 0 Å². The second-order valence-electron chi connectivity index (χ2n) is 5.62. The lowest BCUT2D eigenvalue weighted by molar-refractivity contribution is 0.584. The molecule has 0 aliphatic heterocycles. The average Bonchev–Trinajstić information content (AvgIpc) is 2.92. The monoisotopic (exact) mass is 288 g/mol. The molecule has 0 saturated carbocycles. The lowest BCUT2D eigenvalue weighted by atomic mass is 9.98. The number of aromatic nitrogens is 2. The van der Waals surface area contributed by atoms with E-state index in [1.54, 1.807) is 0 Å². The summed E-state index contributed by atoms with van der Waals surface area (Å²) in [5.74, 6) is 0. The van der Waals surface area contributed by atoms with Gasteiger partial charge in [0.05, 0.1) is 11.4 Å². The zero-order valence-corrected chi connectivity index (χ0v) is 13.0. The molecule has 0 saturated heterocycles. The normalized spacial score (nSPS) is 10.9. The van der Waals surface area contributed by atoms with Crippen molar-refractivity contribution in [3.63, 3.8) is 0 Å². The van der Waals surface area contributed by atoms with E-state index in [2.05, 4.69) is 65.9 Å². The maximum Gasteiger partial charge on any atom is 0.103 e. The van der Waals surface area contributed by atoms with E-state index in [1.807, 2.05) is 26.0 Å². The van der Waals surface area contributed by atoms with Gasteiger partial charge in [-0.05, 0) is 36.6 Å².